The monoisotopic (exact) mass is 296 g/mol. The van der Waals surface area contributed by atoms with E-state index in [1.54, 1.807) is 0 Å². The van der Waals surface area contributed by atoms with Crippen molar-refractivity contribution in [2.24, 2.45) is 0 Å². The Morgan fingerprint density at radius 1 is 1.40 bits per heavy atom. The lowest BCUT2D eigenvalue weighted by atomic mass is 10.1. The summed E-state index contributed by atoms with van der Waals surface area (Å²) in [6.07, 6.45) is 0.0440. The van der Waals surface area contributed by atoms with Gasteiger partial charge in [-0.2, -0.15) is 0 Å². The molecular weight excluding hydrogens is 284 g/mol. The van der Waals surface area contributed by atoms with Crippen molar-refractivity contribution in [2.75, 3.05) is 11.6 Å². The summed E-state index contributed by atoms with van der Waals surface area (Å²) >= 11 is 1.40. The van der Waals surface area contributed by atoms with Gasteiger partial charge in [0, 0.05) is 17.9 Å². The predicted octanol–water partition coefficient (Wildman–Crippen LogP) is 1.12. The number of nitrogens with zero attached hydrogens (tertiary/aromatic N) is 2. The molecule has 0 spiro atoms. The number of carboxylic acid groups (broad SMARTS) is 1. The minimum atomic E-state index is -1.01. The molecule has 1 saturated heterocycles. The third kappa shape index (κ3) is 3.08. The van der Waals surface area contributed by atoms with Gasteiger partial charge >= 0.3 is 5.97 Å². The van der Waals surface area contributed by atoms with Crippen molar-refractivity contribution < 1.29 is 19.6 Å². The second kappa shape index (κ2) is 5.91. The van der Waals surface area contributed by atoms with Crippen LogP contribution in [0.3, 0.4) is 0 Å². The summed E-state index contributed by atoms with van der Waals surface area (Å²) in [5.74, 6) is -0.535. The van der Waals surface area contributed by atoms with Crippen LogP contribution in [0.1, 0.15) is 5.56 Å². The van der Waals surface area contributed by atoms with E-state index in [1.165, 1.54) is 40.9 Å². The van der Waals surface area contributed by atoms with Crippen molar-refractivity contribution in [3.05, 3.63) is 39.9 Å². The first kappa shape index (κ1) is 14.3. The minimum absolute atomic E-state index is 0.0404. The van der Waals surface area contributed by atoms with Crippen LogP contribution in [0.25, 0.3) is 0 Å². The van der Waals surface area contributed by atoms with Crippen LogP contribution in [-0.2, 0) is 16.0 Å². The molecule has 2 rings (SSSR count). The molecule has 1 aromatic carbocycles. The summed E-state index contributed by atoms with van der Waals surface area (Å²) in [6, 6.07) is 4.89. The predicted molar refractivity (Wildman–Crippen MR) is 72.4 cm³/mol. The van der Waals surface area contributed by atoms with E-state index >= 15 is 0 Å². The van der Waals surface area contributed by atoms with Crippen molar-refractivity contribution in [1.29, 1.82) is 0 Å². The second-order valence-corrected chi connectivity index (χ2v) is 5.32. The molecule has 1 aliphatic rings. The van der Waals surface area contributed by atoms with Crippen LogP contribution in [0.15, 0.2) is 24.3 Å². The van der Waals surface area contributed by atoms with Crippen molar-refractivity contribution in [3.8, 4) is 0 Å². The Morgan fingerprint density at radius 3 is 2.60 bits per heavy atom. The first-order chi connectivity index (χ1) is 9.49. The third-order valence-electron chi connectivity index (χ3n) is 2.99. The largest absolute Gasteiger partial charge is 0.480 e. The molecule has 0 unspecified atom stereocenters. The number of amides is 1. The van der Waals surface area contributed by atoms with Crippen molar-refractivity contribution in [3.63, 3.8) is 0 Å². The van der Waals surface area contributed by atoms with Crippen LogP contribution in [0.5, 0.6) is 0 Å². The fourth-order valence-electron chi connectivity index (χ4n) is 1.90. The topological polar surface area (TPSA) is 101 Å². The van der Waals surface area contributed by atoms with Gasteiger partial charge in [0.25, 0.3) is 5.69 Å². The zero-order valence-corrected chi connectivity index (χ0v) is 11.2. The Hall–Kier alpha value is -2.09. The van der Waals surface area contributed by atoms with E-state index in [0.717, 1.165) is 0 Å². The van der Waals surface area contributed by atoms with E-state index in [2.05, 4.69) is 0 Å². The van der Waals surface area contributed by atoms with E-state index in [4.69, 9.17) is 5.11 Å². The van der Waals surface area contributed by atoms with Gasteiger partial charge in [0.1, 0.15) is 6.04 Å². The summed E-state index contributed by atoms with van der Waals surface area (Å²) in [5.41, 5.74) is 0.586. The summed E-state index contributed by atoms with van der Waals surface area (Å²) in [5, 5.41) is 19.5. The molecule has 0 bridgehead atoms. The lowest BCUT2D eigenvalue weighted by Crippen LogP contribution is -2.42. The molecule has 1 amide bonds. The van der Waals surface area contributed by atoms with Crippen molar-refractivity contribution in [1.82, 2.24) is 4.90 Å². The molecule has 1 atom stereocenters. The standard InChI is InChI=1S/C12H12N2O5S/c15-11(13-7-20-6-10(13)12(16)17)5-8-1-3-9(4-2-8)14(18)19/h1-4,10H,5-7H2,(H,16,17)/t10-/m0/s1. The molecule has 0 saturated carbocycles. The maximum atomic E-state index is 12.1. The molecule has 7 nitrogen and oxygen atoms in total. The van der Waals surface area contributed by atoms with Crippen LogP contribution in [-0.4, -0.2) is 44.5 Å². The van der Waals surface area contributed by atoms with E-state index in [-0.39, 0.29) is 18.0 Å². The number of carbonyl (C=O) groups is 2. The lowest BCUT2D eigenvalue weighted by Gasteiger charge is -2.20. The Bertz CT molecular complexity index is 545. The zero-order chi connectivity index (χ0) is 14.7. The number of carboxylic acids is 1. The van der Waals surface area contributed by atoms with Gasteiger partial charge in [-0.1, -0.05) is 12.1 Å². The maximum absolute atomic E-state index is 12.1. The highest BCUT2D eigenvalue weighted by Crippen LogP contribution is 2.22. The average molecular weight is 296 g/mol. The average Bonchev–Trinajstić information content (AvgIpc) is 2.88. The number of carbonyl (C=O) groups excluding carboxylic acids is 1. The normalized spacial score (nSPS) is 18.0. The van der Waals surface area contributed by atoms with E-state index in [9.17, 15) is 19.7 Å². The van der Waals surface area contributed by atoms with E-state index in [1.807, 2.05) is 0 Å². The number of nitro groups is 1. The highest BCUT2D eigenvalue weighted by atomic mass is 32.2. The molecule has 1 aromatic rings. The van der Waals surface area contributed by atoms with Gasteiger partial charge in [-0.15, -0.1) is 11.8 Å². The number of nitro benzene ring substituents is 1. The zero-order valence-electron chi connectivity index (χ0n) is 10.4. The van der Waals surface area contributed by atoms with Gasteiger partial charge in [-0.3, -0.25) is 14.9 Å². The number of rotatable bonds is 4. The molecule has 1 aliphatic heterocycles. The fraction of sp³-hybridized carbons (Fsp3) is 0.333. The van der Waals surface area contributed by atoms with Crippen LogP contribution in [0, 0.1) is 10.1 Å². The van der Waals surface area contributed by atoms with Crippen LogP contribution in [0.2, 0.25) is 0 Å². The first-order valence-corrected chi connectivity index (χ1v) is 6.98. The van der Waals surface area contributed by atoms with E-state index in [0.29, 0.717) is 17.2 Å². The smallest absolute Gasteiger partial charge is 0.327 e. The first-order valence-electron chi connectivity index (χ1n) is 5.82. The second-order valence-electron chi connectivity index (χ2n) is 4.32. The SMILES string of the molecule is O=C(O)[C@@H]1CSCN1C(=O)Cc1ccc([N+](=O)[O-])cc1. The molecule has 8 heteroatoms. The maximum Gasteiger partial charge on any atom is 0.327 e. The molecule has 0 aromatic heterocycles. The highest BCUT2D eigenvalue weighted by Gasteiger charge is 2.34. The van der Waals surface area contributed by atoms with Crippen molar-refractivity contribution >= 4 is 29.3 Å². The molecule has 106 valence electrons. The number of hydrogen-bond donors (Lipinski definition) is 1. The minimum Gasteiger partial charge on any atom is -0.480 e. The number of hydrogen-bond acceptors (Lipinski definition) is 5. The molecule has 0 aliphatic carbocycles. The van der Waals surface area contributed by atoms with Crippen LogP contribution >= 0.6 is 11.8 Å². The summed E-state index contributed by atoms with van der Waals surface area (Å²) in [4.78, 5) is 34.4. The summed E-state index contributed by atoms with van der Waals surface area (Å²) in [6.45, 7) is 0. The molecule has 1 heterocycles. The lowest BCUT2D eigenvalue weighted by molar-refractivity contribution is -0.384. The third-order valence-corrected chi connectivity index (χ3v) is 4.00. The fourth-order valence-corrected chi connectivity index (χ4v) is 3.08. The molecule has 1 fully saturated rings. The van der Waals surface area contributed by atoms with Crippen LogP contribution < -0.4 is 0 Å². The highest BCUT2D eigenvalue weighted by molar-refractivity contribution is 7.99. The number of aliphatic carboxylic acids is 1. The Kier molecular flexibility index (Phi) is 4.23. The summed E-state index contributed by atoms with van der Waals surface area (Å²) in [7, 11) is 0. The van der Waals surface area contributed by atoms with Gasteiger partial charge in [-0.05, 0) is 5.56 Å². The summed E-state index contributed by atoms with van der Waals surface area (Å²) < 4.78 is 0. The van der Waals surface area contributed by atoms with E-state index < -0.39 is 16.9 Å². The molecule has 0 radical (unpaired) electrons. The Morgan fingerprint density at radius 2 is 2.05 bits per heavy atom. The van der Waals surface area contributed by atoms with Crippen molar-refractivity contribution in [2.45, 2.75) is 12.5 Å². The van der Waals surface area contributed by atoms with Gasteiger partial charge in [0.05, 0.1) is 17.2 Å². The molecular formula is C12H12N2O5S. The van der Waals surface area contributed by atoms with Gasteiger partial charge in [-0.25, -0.2) is 4.79 Å². The van der Waals surface area contributed by atoms with Gasteiger partial charge in [0.2, 0.25) is 5.91 Å². The Balaban J connectivity index is 2.04. The quantitative estimate of drug-likeness (QED) is 0.660. The van der Waals surface area contributed by atoms with Gasteiger partial charge in [0.15, 0.2) is 0 Å². The number of benzene rings is 1. The number of thioether (sulfide) groups is 1. The Labute approximate surface area is 118 Å². The van der Waals surface area contributed by atoms with Crippen LogP contribution in [0.4, 0.5) is 5.69 Å². The molecule has 1 N–H and O–H groups in total. The molecule has 20 heavy (non-hydrogen) atoms. The van der Waals surface area contributed by atoms with Gasteiger partial charge < -0.3 is 10.0 Å². The number of non-ortho nitro benzene ring substituents is 1.